The highest BCUT2D eigenvalue weighted by molar-refractivity contribution is 7.80. The van der Waals surface area contributed by atoms with Gasteiger partial charge in [0, 0.05) is 6.54 Å². The lowest BCUT2D eigenvalue weighted by atomic mass is 10.1. The number of carbonyl (C=O) groups excluding carboxylic acids is 1. The van der Waals surface area contributed by atoms with Crippen molar-refractivity contribution >= 4 is 23.2 Å². The number of benzene rings is 1. The number of nitrogens with two attached hydrogens (primary N) is 1. The van der Waals surface area contributed by atoms with E-state index in [1.165, 1.54) is 0 Å². The molecule has 0 saturated heterocycles. The SMILES string of the molecule is CCCCNC(=O)NC(C(N)=S)c1ccccc1. The molecule has 98 valence electrons. The molecule has 0 saturated carbocycles. The van der Waals surface area contributed by atoms with E-state index in [2.05, 4.69) is 17.6 Å². The lowest BCUT2D eigenvalue weighted by Crippen LogP contribution is -2.42. The number of hydrogen-bond acceptors (Lipinski definition) is 2. The number of rotatable bonds is 6. The standard InChI is InChI=1S/C13H19N3OS/c1-2-3-9-15-13(17)16-11(12(14)18)10-7-5-4-6-8-10/h4-8,11H,2-3,9H2,1H3,(H2,14,18)(H2,15,16,17). The molecule has 0 heterocycles. The van der Waals surface area contributed by atoms with Crippen LogP contribution in [0.15, 0.2) is 30.3 Å². The number of amides is 2. The number of hydrogen-bond donors (Lipinski definition) is 3. The third-order valence-electron chi connectivity index (χ3n) is 2.51. The summed E-state index contributed by atoms with van der Waals surface area (Å²) < 4.78 is 0. The molecule has 18 heavy (non-hydrogen) atoms. The maximum absolute atomic E-state index is 11.7. The Morgan fingerprint density at radius 3 is 2.61 bits per heavy atom. The Morgan fingerprint density at radius 1 is 1.39 bits per heavy atom. The largest absolute Gasteiger partial charge is 0.391 e. The van der Waals surface area contributed by atoms with E-state index in [1.807, 2.05) is 30.3 Å². The summed E-state index contributed by atoms with van der Waals surface area (Å²) in [5.74, 6) is 0. The second kappa shape index (κ2) is 7.66. The van der Waals surface area contributed by atoms with Crippen molar-refractivity contribution in [2.75, 3.05) is 6.54 Å². The Labute approximate surface area is 113 Å². The first-order valence-electron chi connectivity index (χ1n) is 6.03. The molecule has 4 N–H and O–H groups in total. The van der Waals surface area contributed by atoms with Gasteiger partial charge in [-0.05, 0) is 12.0 Å². The molecule has 0 aliphatic carbocycles. The van der Waals surface area contributed by atoms with Gasteiger partial charge < -0.3 is 16.4 Å². The first-order valence-corrected chi connectivity index (χ1v) is 6.44. The highest BCUT2D eigenvalue weighted by atomic mass is 32.1. The van der Waals surface area contributed by atoms with Gasteiger partial charge in [0.1, 0.15) is 11.0 Å². The molecule has 5 heteroatoms. The second-order valence-electron chi connectivity index (χ2n) is 4.00. The van der Waals surface area contributed by atoms with Crippen LogP contribution in [0.5, 0.6) is 0 Å². The molecule has 1 rings (SSSR count). The topological polar surface area (TPSA) is 67.2 Å². The monoisotopic (exact) mass is 265 g/mol. The molecular weight excluding hydrogens is 246 g/mol. The molecule has 1 aromatic rings. The Kier molecular flexibility index (Phi) is 6.14. The van der Waals surface area contributed by atoms with Gasteiger partial charge in [-0.2, -0.15) is 0 Å². The van der Waals surface area contributed by atoms with Crippen molar-refractivity contribution in [3.63, 3.8) is 0 Å². The molecular formula is C13H19N3OS. The average Bonchev–Trinajstić information content (AvgIpc) is 2.37. The number of urea groups is 1. The lowest BCUT2D eigenvalue weighted by molar-refractivity contribution is 0.239. The van der Waals surface area contributed by atoms with Crippen molar-refractivity contribution in [1.82, 2.24) is 10.6 Å². The summed E-state index contributed by atoms with van der Waals surface area (Å²) in [4.78, 5) is 11.9. The zero-order valence-corrected chi connectivity index (χ0v) is 11.3. The van der Waals surface area contributed by atoms with Crippen molar-refractivity contribution in [2.45, 2.75) is 25.8 Å². The number of nitrogens with one attached hydrogen (secondary N) is 2. The Morgan fingerprint density at radius 2 is 2.06 bits per heavy atom. The molecule has 0 bridgehead atoms. The molecule has 2 amide bonds. The van der Waals surface area contributed by atoms with Crippen LogP contribution < -0.4 is 16.4 Å². The van der Waals surface area contributed by atoms with Crippen LogP contribution in [-0.2, 0) is 0 Å². The minimum absolute atomic E-state index is 0.245. The Balaban J connectivity index is 2.59. The zero-order chi connectivity index (χ0) is 13.4. The third kappa shape index (κ3) is 4.71. The Bertz CT molecular complexity index is 394. The van der Waals surface area contributed by atoms with Crippen LogP contribution in [0, 0.1) is 0 Å². The van der Waals surface area contributed by atoms with E-state index in [0.717, 1.165) is 18.4 Å². The van der Waals surface area contributed by atoms with Gasteiger partial charge in [-0.15, -0.1) is 0 Å². The first-order chi connectivity index (χ1) is 8.65. The van der Waals surface area contributed by atoms with E-state index >= 15 is 0 Å². The highest BCUT2D eigenvalue weighted by Crippen LogP contribution is 2.12. The Hall–Kier alpha value is -1.62. The predicted molar refractivity (Wildman–Crippen MR) is 77.4 cm³/mol. The molecule has 0 aromatic heterocycles. The number of thiocarbonyl (C=S) groups is 1. The predicted octanol–water partition coefficient (Wildman–Crippen LogP) is 2.11. The van der Waals surface area contributed by atoms with Gasteiger partial charge in [-0.1, -0.05) is 55.9 Å². The van der Waals surface area contributed by atoms with Crippen molar-refractivity contribution in [3.8, 4) is 0 Å². The maximum atomic E-state index is 11.7. The molecule has 0 fully saturated rings. The first kappa shape index (κ1) is 14.4. The molecule has 0 aliphatic heterocycles. The van der Waals surface area contributed by atoms with Crippen LogP contribution in [0.2, 0.25) is 0 Å². The molecule has 0 radical (unpaired) electrons. The average molecular weight is 265 g/mol. The van der Waals surface area contributed by atoms with Crippen LogP contribution >= 0.6 is 12.2 Å². The summed E-state index contributed by atoms with van der Waals surface area (Å²) in [6.45, 7) is 2.72. The zero-order valence-electron chi connectivity index (χ0n) is 10.5. The maximum Gasteiger partial charge on any atom is 0.315 e. The van der Waals surface area contributed by atoms with Gasteiger partial charge in [-0.3, -0.25) is 0 Å². The van der Waals surface area contributed by atoms with Crippen molar-refractivity contribution in [2.24, 2.45) is 5.73 Å². The fourth-order valence-corrected chi connectivity index (χ4v) is 1.72. The molecule has 0 aliphatic rings. The molecule has 1 unspecified atom stereocenters. The van der Waals surface area contributed by atoms with Crippen LogP contribution in [0.4, 0.5) is 4.79 Å². The minimum atomic E-state index is -0.428. The van der Waals surface area contributed by atoms with E-state index in [9.17, 15) is 4.79 Å². The quantitative estimate of drug-likeness (QED) is 0.545. The molecule has 1 aromatic carbocycles. The van der Waals surface area contributed by atoms with Crippen LogP contribution in [0.1, 0.15) is 31.4 Å². The minimum Gasteiger partial charge on any atom is -0.391 e. The van der Waals surface area contributed by atoms with E-state index in [-0.39, 0.29) is 11.0 Å². The van der Waals surface area contributed by atoms with Gasteiger partial charge >= 0.3 is 6.03 Å². The lowest BCUT2D eigenvalue weighted by Gasteiger charge is -2.18. The van der Waals surface area contributed by atoms with Crippen molar-refractivity contribution in [1.29, 1.82) is 0 Å². The van der Waals surface area contributed by atoms with E-state index in [4.69, 9.17) is 18.0 Å². The van der Waals surface area contributed by atoms with Gasteiger partial charge in [-0.25, -0.2) is 4.79 Å². The molecule has 0 spiro atoms. The number of carbonyl (C=O) groups is 1. The van der Waals surface area contributed by atoms with Crippen LogP contribution in [0.25, 0.3) is 0 Å². The fraction of sp³-hybridized carbons (Fsp3) is 0.385. The normalized spacial score (nSPS) is 11.6. The summed E-state index contributed by atoms with van der Waals surface area (Å²) in [7, 11) is 0. The van der Waals surface area contributed by atoms with E-state index in [1.54, 1.807) is 0 Å². The second-order valence-corrected chi connectivity index (χ2v) is 4.47. The van der Waals surface area contributed by atoms with Gasteiger partial charge in [0.15, 0.2) is 0 Å². The van der Waals surface area contributed by atoms with Crippen LogP contribution in [-0.4, -0.2) is 17.6 Å². The van der Waals surface area contributed by atoms with Crippen molar-refractivity contribution < 1.29 is 4.79 Å². The van der Waals surface area contributed by atoms with Crippen molar-refractivity contribution in [3.05, 3.63) is 35.9 Å². The van der Waals surface area contributed by atoms with Gasteiger partial charge in [0.2, 0.25) is 0 Å². The smallest absolute Gasteiger partial charge is 0.315 e. The van der Waals surface area contributed by atoms with Gasteiger partial charge in [0.25, 0.3) is 0 Å². The summed E-state index contributed by atoms with van der Waals surface area (Å²) in [6, 6.07) is 8.77. The summed E-state index contributed by atoms with van der Waals surface area (Å²) in [5.41, 5.74) is 6.55. The molecule has 1 atom stereocenters. The van der Waals surface area contributed by atoms with E-state index < -0.39 is 6.04 Å². The number of unbranched alkanes of at least 4 members (excludes halogenated alkanes) is 1. The fourth-order valence-electron chi connectivity index (χ4n) is 1.53. The summed E-state index contributed by atoms with van der Waals surface area (Å²) >= 11 is 4.99. The summed E-state index contributed by atoms with van der Waals surface area (Å²) in [6.07, 6.45) is 1.99. The van der Waals surface area contributed by atoms with E-state index in [0.29, 0.717) is 6.54 Å². The molecule has 4 nitrogen and oxygen atoms in total. The van der Waals surface area contributed by atoms with Crippen LogP contribution in [0.3, 0.4) is 0 Å². The highest BCUT2D eigenvalue weighted by Gasteiger charge is 2.16. The summed E-state index contributed by atoms with van der Waals surface area (Å²) in [5, 5.41) is 5.55. The van der Waals surface area contributed by atoms with Gasteiger partial charge in [0.05, 0.1) is 0 Å². The third-order valence-corrected chi connectivity index (χ3v) is 2.74.